The highest BCUT2D eigenvalue weighted by Gasteiger charge is 2.36. The monoisotopic (exact) mass is 552 g/mol. The van der Waals surface area contributed by atoms with E-state index in [0.29, 0.717) is 28.9 Å². The summed E-state index contributed by atoms with van der Waals surface area (Å²) in [5, 5.41) is 4.25. The molecule has 0 aliphatic heterocycles. The third-order valence-corrected chi connectivity index (χ3v) is 7.86. The first kappa shape index (κ1) is 28.7. The summed E-state index contributed by atoms with van der Waals surface area (Å²) in [6, 6.07) is 12.8. The van der Waals surface area contributed by atoms with Crippen molar-refractivity contribution in [3.8, 4) is 0 Å². The van der Waals surface area contributed by atoms with E-state index >= 15 is 0 Å². The van der Waals surface area contributed by atoms with Crippen LogP contribution >= 0.6 is 35.1 Å². The number of carbonyl (C=O) groups is 1. The van der Waals surface area contributed by atoms with E-state index in [1.165, 1.54) is 18.4 Å². The van der Waals surface area contributed by atoms with Gasteiger partial charge < -0.3 is 10.1 Å². The molecule has 0 amide bonds. The topological polar surface area (TPSA) is 74.2 Å². The molecule has 0 bridgehead atoms. The van der Waals surface area contributed by atoms with Gasteiger partial charge in [-0.3, -0.25) is 14.6 Å². The molecule has 2 aromatic rings. The largest absolute Gasteiger partial charge is 0.464 e. The second kappa shape index (κ2) is 14.2. The third-order valence-electron chi connectivity index (χ3n) is 6.24. The Labute approximate surface area is 227 Å². The molecule has 1 aliphatic rings. The van der Waals surface area contributed by atoms with E-state index in [-0.39, 0.29) is 23.7 Å². The lowest BCUT2D eigenvalue weighted by atomic mass is 9.88. The van der Waals surface area contributed by atoms with Gasteiger partial charge in [0, 0.05) is 35.3 Å². The Bertz CT molecular complexity index is 998. The van der Waals surface area contributed by atoms with E-state index in [1.807, 2.05) is 38.4 Å². The number of ether oxygens (including phenoxy) is 1. The van der Waals surface area contributed by atoms with E-state index in [9.17, 15) is 9.70 Å². The van der Waals surface area contributed by atoms with Crippen molar-refractivity contribution < 1.29 is 9.53 Å². The van der Waals surface area contributed by atoms with Crippen molar-refractivity contribution >= 4 is 52.5 Å². The summed E-state index contributed by atoms with van der Waals surface area (Å²) in [4.78, 5) is 28.2. The average molecular weight is 554 g/mol. The van der Waals surface area contributed by atoms with Crippen LogP contribution in [0.4, 0.5) is 11.4 Å². The first-order valence-corrected chi connectivity index (χ1v) is 13.7. The summed E-state index contributed by atoms with van der Waals surface area (Å²) >= 11 is 13.8. The van der Waals surface area contributed by atoms with Crippen LogP contribution in [0.5, 0.6) is 0 Å². The summed E-state index contributed by atoms with van der Waals surface area (Å²) in [5.41, 5.74) is 2.13. The molecule has 1 N–H and O–H groups in total. The van der Waals surface area contributed by atoms with Gasteiger partial charge in [0.25, 0.3) is 0 Å². The number of benzene rings is 2. The number of nitroso groups, excluding NO2 is 1. The molecule has 0 radical (unpaired) electrons. The highest BCUT2D eigenvalue weighted by Crippen LogP contribution is 2.41. The van der Waals surface area contributed by atoms with Crippen molar-refractivity contribution in [1.82, 2.24) is 9.80 Å². The van der Waals surface area contributed by atoms with Gasteiger partial charge >= 0.3 is 5.97 Å². The third kappa shape index (κ3) is 8.63. The number of hydrogen-bond acceptors (Lipinski definition) is 8. The smallest absolute Gasteiger partial charge is 0.310 e. The van der Waals surface area contributed by atoms with Crippen molar-refractivity contribution in [2.75, 3.05) is 45.8 Å². The SMILES string of the molecule is CN(C)CN(CCOC(=O)Cc1ccccc1Nc1c(Cl)cccc1Cl)CC1(SN=O)CCCCC1. The quantitative estimate of drug-likeness (QED) is 0.127. The molecule has 3 rings (SSSR count). The van der Waals surface area contributed by atoms with Crippen molar-refractivity contribution in [2.45, 2.75) is 43.3 Å². The van der Waals surface area contributed by atoms with Crippen LogP contribution < -0.4 is 5.32 Å². The minimum Gasteiger partial charge on any atom is -0.464 e. The summed E-state index contributed by atoms with van der Waals surface area (Å²) in [6.45, 7) is 2.31. The molecule has 0 heterocycles. The number of anilines is 2. The molecule has 10 heteroatoms. The Morgan fingerprint density at radius 3 is 2.44 bits per heavy atom. The molecule has 0 aromatic heterocycles. The molecule has 1 fully saturated rings. The predicted molar refractivity (Wildman–Crippen MR) is 150 cm³/mol. The minimum absolute atomic E-state index is 0.119. The average Bonchev–Trinajstić information content (AvgIpc) is 2.83. The molecular weight excluding hydrogens is 519 g/mol. The van der Waals surface area contributed by atoms with Gasteiger partial charge in [0.15, 0.2) is 0 Å². The molecule has 196 valence electrons. The molecule has 1 saturated carbocycles. The number of para-hydroxylation sites is 2. The predicted octanol–water partition coefficient (Wildman–Crippen LogP) is 6.76. The Morgan fingerprint density at radius 2 is 1.78 bits per heavy atom. The van der Waals surface area contributed by atoms with Crippen LogP contribution in [0.2, 0.25) is 10.0 Å². The molecule has 7 nitrogen and oxygen atoms in total. The van der Waals surface area contributed by atoms with E-state index in [2.05, 4.69) is 19.7 Å². The summed E-state index contributed by atoms with van der Waals surface area (Å²) < 4.78 is 8.65. The Hall–Kier alpha value is -1.84. The maximum absolute atomic E-state index is 12.7. The maximum atomic E-state index is 12.7. The van der Waals surface area contributed by atoms with Crippen molar-refractivity contribution in [3.63, 3.8) is 0 Å². The van der Waals surface area contributed by atoms with Crippen LogP contribution in [0.3, 0.4) is 0 Å². The number of halogens is 2. The van der Waals surface area contributed by atoms with Crippen LogP contribution in [-0.4, -0.2) is 61.0 Å². The Balaban J connectivity index is 1.58. The number of esters is 1. The van der Waals surface area contributed by atoms with Crippen LogP contribution in [0.15, 0.2) is 47.0 Å². The molecule has 36 heavy (non-hydrogen) atoms. The van der Waals surface area contributed by atoms with Gasteiger partial charge in [0.1, 0.15) is 6.61 Å². The molecule has 0 unspecified atom stereocenters. The first-order chi connectivity index (χ1) is 17.3. The van der Waals surface area contributed by atoms with Gasteiger partial charge in [-0.05, 0) is 50.7 Å². The Kier molecular flexibility index (Phi) is 11.3. The number of nitrogens with zero attached hydrogens (tertiary/aromatic N) is 3. The lowest BCUT2D eigenvalue weighted by molar-refractivity contribution is -0.143. The van der Waals surface area contributed by atoms with E-state index in [0.717, 1.165) is 43.5 Å². The molecule has 0 saturated heterocycles. The molecular formula is C26H34Cl2N4O3S. The zero-order valence-corrected chi connectivity index (χ0v) is 23.2. The fourth-order valence-corrected chi connectivity index (χ4v) is 5.97. The second-order valence-electron chi connectivity index (χ2n) is 9.46. The summed E-state index contributed by atoms with van der Waals surface area (Å²) in [7, 11) is 4.01. The number of nitrogens with one attached hydrogen (secondary N) is 1. The van der Waals surface area contributed by atoms with Gasteiger partial charge in [0.2, 0.25) is 0 Å². The van der Waals surface area contributed by atoms with Gasteiger partial charge in [-0.25, -0.2) is 0 Å². The fraction of sp³-hybridized carbons (Fsp3) is 0.500. The maximum Gasteiger partial charge on any atom is 0.310 e. The molecule has 0 spiro atoms. The lowest BCUT2D eigenvalue weighted by Gasteiger charge is -2.39. The van der Waals surface area contributed by atoms with Crippen LogP contribution in [0.1, 0.15) is 37.7 Å². The second-order valence-corrected chi connectivity index (χ2v) is 11.5. The fourth-order valence-electron chi connectivity index (χ4n) is 4.60. The van der Waals surface area contributed by atoms with Crippen LogP contribution in [0, 0.1) is 4.91 Å². The van der Waals surface area contributed by atoms with E-state index in [1.54, 1.807) is 18.2 Å². The van der Waals surface area contributed by atoms with E-state index in [4.69, 9.17) is 27.9 Å². The zero-order chi connectivity index (χ0) is 26.0. The van der Waals surface area contributed by atoms with Crippen LogP contribution in [-0.2, 0) is 16.0 Å². The van der Waals surface area contributed by atoms with Crippen molar-refractivity contribution in [3.05, 3.63) is 63.0 Å². The number of hydrogen-bond donors (Lipinski definition) is 1. The highest BCUT2D eigenvalue weighted by atomic mass is 35.5. The van der Waals surface area contributed by atoms with Crippen molar-refractivity contribution in [2.24, 2.45) is 4.58 Å². The molecule has 0 atom stereocenters. The van der Waals surface area contributed by atoms with Crippen molar-refractivity contribution in [1.29, 1.82) is 0 Å². The standard InChI is InChI=1S/C26H34Cl2N4O3S/c1-31(2)19-32(18-26(36-30-34)13-6-3-7-14-26)15-16-35-24(33)17-20-9-4-5-12-23(20)29-25-21(27)10-8-11-22(25)28/h4-5,8-12,29H,3,6-7,13-19H2,1-2H3. The lowest BCUT2D eigenvalue weighted by Crippen LogP contribution is -2.46. The van der Waals surface area contributed by atoms with E-state index < -0.39 is 0 Å². The van der Waals surface area contributed by atoms with Gasteiger partial charge in [-0.15, -0.1) is 4.91 Å². The number of rotatable bonds is 13. The molecule has 2 aromatic carbocycles. The minimum atomic E-state index is -0.310. The van der Waals surface area contributed by atoms with Gasteiger partial charge in [0.05, 0.1) is 33.6 Å². The summed E-state index contributed by atoms with van der Waals surface area (Å²) in [6.07, 6.45) is 5.50. The van der Waals surface area contributed by atoms with Crippen LogP contribution in [0.25, 0.3) is 0 Å². The molecule has 1 aliphatic carbocycles. The number of carbonyl (C=O) groups excluding carboxylic acids is 1. The Morgan fingerprint density at radius 1 is 1.08 bits per heavy atom. The zero-order valence-electron chi connectivity index (χ0n) is 20.8. The van der Waals surface area contributed by atoms with Gasteiger partial charge in [-0.1, -0.05) is 66.7 Å². The normalized spacial score (nSPS) is 15.2. The summed E-state index contributed by atoms with van der Waals surface area (Å²) in [5.74, 6) is -0.310. The first-order valence-electron chi connectivity index (χ1n) is 12.1. The van der Waals surface area contributed by atoms with Gasteiger partial charge in [-0.2, -0.15) is 0 Å². The highest BCUT2D eigenvalue weighted by molar-refractivity contribution is 7.99.